The molecule has 0 bridgehead atoms. The predicted molar refractivity (Wildman–Crippen MR) is 163 cm³/mol. The van der Waals surface area contributed by atoms with Gasteiger partial charge in [0, 0.05) is 13.3 Å². The number of carbonyl (C=O) groups is 1. The van der Waals surface area contributed by atoms with Gasteiger partial charge in [0.1, 0.15) is 6.61 Å². The van der Waals surface area contributed by atoms with Crippen LogP contribution in [0.3, 0.4) is 0 Å². The Kier molecular flexibility index (Phi) is 7.90. The first-order valence-corrected chi connectivity index (χ1v) is 16.5. The van der Waals surface area contributed by atoms with Gasteiger partial charge in [-0.15, -0.1) is 0 Å². The van der Waals surface area contributed by atoms with Crippen LogP contribution in [0.4, 0.5) is 5.95 Å². The van der Waals surface area contributed by atoms with E-state index in [9.17, 15) is 9.59 Å². The van der Waals surface area contributed by atoms with Crippen molar-refractivity contribution >= 4 is 52.3 Å². The van der Waals surface area contributed by atoms with Gasteiger partial charge in [-0.1, -0.05) is 99.7 Å². The molecule has 0 saturated carbocycles. The molecular weight excluding hydrogens is 557 g/mol. The molecular formula is C30H36N4O5SSi. The largest absolute Gasteiger partial charge is 0.436 e. The van der Waals surface area contributed by atoms with Crippen LogP contribution in [0.1, 0.15) is 47.5 Å². The van der Waals surface area contributed by atoms with Crippen molar-refractivity contribution in [1.82, 2.24) is 14.5 Å². The van der Waals surface area contributed by atoms with E-state index in [0.717, 1.165) is 21.7 Å². The summed E-state index contributed by atoms with van der Waals surface area (Å²) in [5.41, 5.74) is 4.80. The number of anilines is 1. The Balaban J connectivity index is 1.59. The van der Waals surface area contributed by atoms with Crippen molar-refractivity contribution in [3.63, 3.8) is 0 Å². The molecule has 41 heavy (non-hydrogen) atoms. The van der Waals surface area contributed by atoms with E-state index in [1.807, 2.05) is 12.1 Å². The molecule has 216 valence electrons. The normalized spacial score (nSPS) is 20.3. The van der Waals surface area contributed by atoms with Crippen LogP contribution in [0, 0.1) is 0 Å². The van der Waals surface area contributed by atoms with Gasteiger partial charge >= 0.3 is 10.8 Å². The van der Waals surface area contributed by atoms with Gasteiger partial charge in [0.2, 0.25) is 11.7 Å². The molecule has 1 fully saturated rings. The molecule has 2 N–H and O–H groups in total. The van der Waals surface area contributed by atoms with Gasteiger partial charge in [-0.05, 0) is 21.8 Å². The van der Waals surface area contributed by atoms with Gasteiger partial charge in [-0.25, -0.2) is 9.55 Å². The van der Waals surface area contributed by atoms with Gasteiger partial charge in [-0.3, -0.25) is 9.59 Å². The van der Waals surface area contributed by atoms with Crippen LogP contribution >= 0.6 is 11.3 Å². The minimum Gasteiger partial charge on any atom is -0.436 e. The molecule has 9 nitrogen and oxygen atoms in total. The zero-order valence-electron chi connectivity index (χ0n) is 24.0. The lowest BCUT2D eigenvalue weighted by Gasteiger charge is -2.46. The number of esters is 1. The topological polar surface area (TPSA) is 119 Å². The van der Waals surface area contributed by atoms with Crippen molar-refractivity contribution in [3.8, 4) is 0 Å². The van der Waals surface area contributed by atoms with E-state index in [-0.39, 0.29) is 35.0 Å². The number of hydrogen-bond acceptors (Lipinski definition) is 9. The number of rotatable bonds is 8. The molecule has 0 radical (unpaired) electrons. The summed E-state index contributed by atoms with van der Waals surface area (Å²) in [5, 5.41) is 2.09. The van der Waals surface area contributed by atoms with E-state index in [2.05, 4.69) is 86.2 Å². The predicted octanol–water partition coefficient (Wildman–Crippen LogP) is 3.80. The van der Waals surface area contributed by atoms with Crippen molar-refractivity contribution in [3.05, 3.63) is 76.5 Å². The number of ether oxygens (including phenoxy) is 2. The minimum atomic E-state index is -2.90. The third-order valence-corrected chi connectivity index (χ3v) is 13.6. The number of nitrogens with zero attached hydrogens (tertiary/aromatic N) is 3. The quantitative estimate of drug-likeness (QED) is 0.243. The van der Waals surface area contributed by atoms with Crippen LogP contribution < -0.4 is 21.0 Å². The van der Waals surface area contributed by atoms with Gasteiger partial charge in [0.25, 0.3) is 8.32 Å². The first-order valence-electron chi connectivity index (χ1n) is 13.8. The Hall–Kier alpha value is -3.38. The summed E-state index contributed by atoms with van der Waals surface area (Å²) in [6.07, 6.45) is 1.58. The number of carbonyl (C=O) groups excluding carboxylic acids is 1. The number of fused-ring (bicyclic) bond motifs is 1. The molecule has 0 spiro atoms. The van der Waals surface area contributed by atoms with Crippen LogP contribution in [0.5, 0.6) is 0 Å². The molecule has 3 atom stereocenters. The second-order valence-corrected chi connectivity index (χ2v) is 16.7. The van der Waals surface area contributed by atoms with Crippen LogP contribution in [0.2, 0.25) is 5.04 Å². The van der Waals surface area contributed by atoms with E-state index in [1.165, 1.54) is 17.7 Å². The number of aromatic nitrogens is 3. The van der Waals surface area contributed by atoms with Crippen LogP contribution in [-0.2, 0) is 24.4 Å². The lowest BCUT2D eigenvalue weighted by atomic mass is 10.0. The summed E-state index contributed by atoms with van der Waals surface area (Å²) in [6, 6.07) is 20.8. The van der Waals surface area contributed by atoms with Gasteiger partial charge < -0.3 is 19.6 Å². The van der Waals surface area contributed by atoms with Crippen molar-refractivity contribution < 1.29 is 18.7 Å². The number of thiazole rings is 1. The molecule has 11 heteroatoms. The number of nitrogens with two attached hydrogens (primary N) is 1. The highest BCUT2D eigenvalue weighted by Crippen LogP contribution is 2.42. The van der Waals surface area contributed by atoms with Crippen LogP contribution in [-0.4, -0.2) is 47.6 Å². The molecule has 2 aromatic heterocycles. The number of hydrogen-bond donors (Lipinski definition) is 1. The lowest BCUT2D eigenvalue weighted by Crippen LogP contribution is -2.68. The molecule has 0 aliphatic carbocycles. The molecule has 1 saturated heterocycles. The second kappa shape index (κ2) is 11.1. The van der Waals surface area contributed by atoms with Crippen molar-refractivity contribution in [1.29, 1.82) is 0 Å². The fourth-order valence-corrected chi connectivity index (χ4v) is 11.6. The maximum atomic E-state index is 13.3. The Morgan fingerprint density at radius 2 is 1.78 bits per heavy atom. The zero-order valence-corrected chi connectivity index (χ0v) is 25.8. The summed E-state index contributed by atoms with van der Waals surface area (Å²) < 4.78 is 21.7. The maximum absolute atomic E-state index is 13.3. The smallest absolute Gasteiger partial charge is 0.312 e. The standard InChI is InChI=1S/C30H36N4O5SSi/c1-6-23(39-41(29(3,4)5,21-13-9-7-10-14-21)22-15-11-8-12-16-22)24-17-30(19-37-24,38-20(2)35)34-26-25(40-28(34)36)18-32-27(31)33-26/h7-16,18,23-24H,6,17,19H2,1-5H3,(H2,31,32,33)/t23?,24-,30+/m0/s1. The Bertz CT molecular complexity index is 1550. The summed E-state index contributed by atoms with van der Waals surface area (Å²) in [7, 11) is -2.90. The summed E-state index contributed by atoms with van der Waals surface area (Å²) in [4.78, 5) is 33.7. The van der Waals surface area contributed by atoms with Crippen LogP contribution in [0.15, 0.2) is 71.7 Å². The summed E-state index contributed by atoms with van der Waals surface area (Å²) in [5.74, 6) is -0.498. The lowest BCUT2D eigenvalue weighted by molar-refractivity contribution is -0.169. The summed E-state index contributed by atoms with van der Waals surface area (Å²) >= 11 is 0.979. The highest BCUT2D eigenvalue weighted by Gasteiger charge is 2.55. The van der Waals surface area contributed by atoms with Crippen LogP contribution in [0.25, 0.3) is 10.3 Å². The third kappa shape index (κ3) is 5.23. The molecule has 2 aromatic carbocycles. The fourth-order valence-electron chi connectivity index (χ4n) is 5.98. The first kappa shape index (κ1) is 29.1. The zero-order chi connectivity index (χ0) is 29.4. The molecule has 5 rings (SSSR count). The van der Waals surface area contributed by atoms with Gasteiger partial charge in [0.05, 0.1) is 23.1 Å². The molecule has 1 aliphatic rings. The van der Waals surface area contributed by atoms with E-state index >= 15 is 0 Å². The highest BCUT2D eigenvalue weighted by molar-refractivity contribution is 7.16. The van der Waals surface area contributed by atoms with Crippen molar-refractivity contribution in [2.75, 3.05) is 12.3 Å². The second-order valence-electron chi connectivity index (χ2n) is 11.4. The van der Waals surface area contributed by atoms with E-state index in [4.69, 9.17) is 19.6 Å². The Morgan fingerprint density at radius 3 is 2.32 bits per heavy atom. The Labute approximate surface area is 244 Å². The first-order chi connectivity index (χ1) is 19.5. The fraction of sp³-hybridized carbons (Fsp3) is 0.400. The summed E-state index contributed by atoms with van der Waals surface area (Å²) in [6.45, 7) is 10.1. The van der Waals surface area contributed by atoms with E-state index in [1.54, 1.807) is 0 Å². The van der Waals surface area contributed by atoms with Gasteiger partial charge in [-0.2, -0.15) is 4.98 Å². The molecule has 4 aromatic rings. The maximum Gasteiger partial charge on any atom is 0.312 e. The SMILES string of the molecule is CCC(O[Si](c1ccccc1)(c1ccccc1)C(C)(C)C)[C@@H]1C[C@](OC(C)=O)(n2c(=O)sc3cnc(N)nc32)CO1. The van der Waals surface area contributed by atoms with Crippen molar-refractivity contribution in [2.45, 2.75) is 70.4 Å². The van der Waals surface area contributed by atoms with Crippen molar-refractivity contribution in [2.24, 2.45) is 0 Å². The monoisotopic (exact) mass is 592 g/mol. The van der Waals surface area contributed by atoms with E-state index < -0.39 is 26.1 Å². The highest BCUT2D eigenvalue weighted by atomic mass is 32.1. The Morgan fingerprint density at radius 1 is 1.17 bits per heavy atom. The third-order valence-electron chi connectivity index (χ3n) is 7.69. The molecule has 3 heterocycles. The van der Waals surface area contributed by atoms with Gasteiger partial charge in [0.15, 0.2) is 5.65 Å². The average molecular weight is 593 g/mol. The molecule has 0 amide bonds. The molecule has 1 unspecified atom stereocenters. The number of nitrogen functional groups attached to an aromatic ring is 1. The minimum absolute atomic E-state index is 0.0203. The number of benzene rings is 2. The van der Waals surface area contributed by atoms with E-state index in [0.29, 0.717) is 16.8 Å². The molecule has 1 aliphatic heterocycles. The average Bonchev–Trinajstić information content (AvgIpc) is 3.49.